The number of fused-ring (bicyclic) bond motifs is 1. The molecule has 23 heavy (non-hydrogen) atoms. The second kappa shape index (κ2) is 5.98. The summed E-state index contributed by atoms with van der Waals surface area (Å²) in [5.74, 6) is 0.227. The minimum atomic E-state index is -0.339. The van der Waals surface area contributed by atoms with Crippen molar-refractivity contribution < 1.29 is 18.7 Å². The molecule has 0 spiro atoms. The molecule has 3 aliphatic rings. The highest BCUT2D eigenvalue weighted by Crippen LogP contribution is 2.37. The lowest BCUT2D eigenvalue weighted by atomic mass is 9.80. The van der Waals surface area contributed by atoms with Crippen LogP contribution in [0.5, 0.6) is 0 Å². The number of hydrogen-bond donors (Lipinski definition) is 2. The maximum atomic E-state index is 12.5. The van der Waals surface area contributed by atoms with E-state index in [0.717, 1.165) is 38.2 Å². The van der Waals surface area contributed by atoms with Crippen molar-refractivity contribution in [3.63, 3.8) is 0 Å². The Hall–Kier alpha value is -1.86. The topological polar surface area (TPSA) is 83.8 Å². The molecule has 1 aromatic heterocycles. The van der Waals surface area contributed by atoms with Crippen LogP contribution in [0.3, 0.4) is 0 Å². The second-order valence-corrected chi connectivity index (χ2v) is 6.42. The standard InChI is InChI=1S/C16H21N3O4/c20-15-13-11(12-4-2-8-23-12)5-6-17-14(13)19(16(21)18-15)9-10-3-1-7-22-10/h2,4,8,10-11,13-14,17H,1,3,5-7,9H2,(H,18,20,21). The molecular weight excluding hydrogens is 298 g/mol. The van der Waals surface area contributed by atoms with Crippen molar-refractivity contribution in [3.8, 4) is 0 Å². The summed E-state index contributed by atoms with van der Waals surface area (Å²) in [6, 6.07) is 3.41. The molecule has 7 heteroatoms. The van der Waals surface area contributed by atoms with Crippen molar-refractivity contribution in [2.24, 2.45) is 5.92 Å². The Balaban J connectivity index is 1.59. The molecule has 0 aliphatic carbocycles. The number of imide groups is 1. The van der Waals surface area contributed by atoms with E-state index >= 15 is 0 Å². The van der Waals surface area contributed by atoms with Crippen LogP contribution in [-0.4, -0.2) is 48.8 Å². The molecular formula is C16H21N3O4. The van der Waals surface area contributed by atoms with Gasteiger partial charge in [0.15, 0.2) is 0 Å². The van der Waals surface area contributed by atoms with Crippen LogP contribution in [-0.2, 0) is 9.53 Å². The fourth-order valence-electron chi connectivity index (χ4n) is 3.96. The Morgan fingerprint density at radius 1 is 1.30 bits per heavy atom. The normalized spacial score (nSPS) is 34.3. The Morgan fingerprint density at radius 2 is 2.22 bits per heavy atom. The van der Waals surface area contributed by atoms with Crippen LogP contribution >= 0.6 is 0 Å². The SMILES string of the molecule is O=C1NC(=O)N(CC2CCCO2)C2NCCC(c3ccco3)C12. The number of nitrogens with one attached hydrogen (secondary N) is 2. The number of amides is 3. The van der Waals surface area contributed by atoms with Gasteiger partial charge < -0.3 is 14.1 Å². The van der Waals surface area contributed by atoms with E-state index in [0.29, 0.717) is 6.54 Å². The highest BCUT2D eigenvalue weighted by molar-refractivity contribution is 5.99. The fraction of sp³-hybridized carbons (Fsp3) is 0.625. The first-order valence-corrected chi connectivity index (χ1v) is 8.24. The number of hydrogen-bond acceptors (Lipinski definition) is 5. The molecule has 4 unspecified atom stereocenters. The highest BCUT2D eigenvalue weighted by Gasteiger charge is 2.49. The Bertz CT molecular complexity index is 582. The maximum Gasteiger partial charge on any atom is 0.325 e. The summed E-state index contributed by atoms with van der Waals surface area (Å²) in [5.41, 5.74) is 0. The van der Waals surface area contributed by atoms with Gasteiger partial charge in [0.2, 0.25) is 5.91 Å². The first-order valence-electron chi connectivity index (χ1n) is 8.24. The predicted molar refractivity (Wildman–Crippen MR) is 80.6 cm³/mol. The lowest BCUT2D eigenvalue weighted by Crippen LogP contribution is -2.68. The lowest BCUT2D eigenvalue weighted by molar-refractivity contribution is -0.132. The van der Waals surface area contributed by atoms with Crippen molar-refractivity contribution in [1.29, 1.82) is 0 Å². The Morgan fingerprint density at radius 3 is 2.96 bits per heavy atom. The molecule has 7 nitrogen and oxygen atoms in total. The van der Waals surface area contributed by atoms with Crippen LogP contribution in [0.4, 0.5) is 4.79 Å². The lowest BCUT2D eigenvalue weighted by Gasteiger charge is -2.46. The summed E-state index contributed by atoms with van der Waals surface area (Å²) in [6.45, 7) is 2.00. The molecule has 0 bridgehead atoms. The predicted octanol–water partition coefficient (Wildman–Crippen LogP) is 1.03. The van der Waals surface area contributed by atoms with Crippen molar-refractivity contribution in [2.45, 2.75) is 37.5 Å². The van der Waals surface area contributed by atoms with E-state index in [1.54, 1.807) is 11.2 Å². The number of carbonyl (C=O) groups is 2. The van der Waals surface area contributed by atoms with Gasteiger partial charge in [0, 0.05) is 12.5 Å². The average molecular weight is 319 g/mol. The van der Waals surface area contributed by atoms with Gasteiger partial charge in [0.05, 0.1) is 31.0 Å². The van der Waals surface area contributed by atoms with Gasteiger partial charge in [-0.05, 0) is 37.9 Å². The summed E-state index contributed by atoms with van der Waals surface area (Å²) in [4.78, 5) is 26.5. The minimum absolute atomic E-state index is 0.0173. The molecule has 2 N–H and O–H groups in total. The number of nitrogens with zero attached hydrogens (tertiary/aromatic N) is 1. The molecule has 4 rings (SSSR count). The van der Waals surface area contributed by atoms with Gasteiger partial charge in [0.1, 0.15) is 5.76 Å². The van der Waals surface area contributed by atoms with Crippen LogP contribution in [0.15, 0.2) is 22.8 Å². The number of rotatable bonds is 3. The number of urea groups is 1. The van der Waals surface area contributed by atoms with Gasteiger partial charge in [-0.2, -0.15) is 0 Å². The average Bonchev–Trinajstić information content (AvgIpc) is 3.24. The quantitative estimate of drug-likeness (QED) is 0.869. The van der Waals surface area contributed by atoms with Gasteiger partial charge in [-0.15, -0.1) is 0 Å². The van der Waals surface area contributed by atoms with Crippen molar-refractivity contribution in [2.75, 3.05) is 19.7 Å². The van der Waals surface area contributed by atoms with Gasteiger partial charge in [-0.25, -0.2) is 4.79 Å². The van der Waals surface area contributed by atoms with E-state index in [9.17, 15) is 9.59 Å². The third-order valence-electron chi connectivity index (χ3n) is 5.04. The molecule has 3 aliphatic heterocycles. The smallest absolute Gasteiger partial charge is 0.325 e. The summed E-state index contributed by atoms with van der Waals surface area (Å²) in [6.07, 6.45) is 4.17. The van der Waals surface area contributed by atoms with Crippen LogP contribution in [0.1, 0.15) is 30.9 Å². The highest BCUT2D eigenvalue weighted by atomic mass is 16.5. The summed E-state index contributed by atoms with van der Waals surface area (Å²) in [5, 5.41) is 5.85. The van der Waals surface area contributed by atoms with E-state index in [1.807, 2.05) is 12.1 Å². The Labute approximate surface area is 134 Å². The number of carbonyl (C=O) groups excluding carboxylic acids is 2. The summed E-state index contributed by atoms with van der Waals surface area (Å²) < 4.78 is 11.2. The van der Waals surface area contributed by atoms with Gasteiger partial charge in [-0.1, -0.05) is 0 Å². The van der Waals surface area contributed by atoms with E-state index in [2.05, 4.69) is 10.6 Å². The summed E-state index contributed by atoms with van der Waals surface area (Å²) >= 11 is 0. The van der Waals surface area contributed by atoms with Gasteiger partial charge >= 0.3 is 6.03 Å². The third-order valence-corrected chi connectivity index (χ3v) is 5.04. The number of ether oxygens (including phenoxy) is 1. The molecule has 0 radical (unpaired) electrons. The molecule has 4 atom stereocenters. The minimum Gasteiger partial charge on any atom is -0.469 e. The maximum absolute atomic E-state index is 12.5. The van der Waals surface area contributed by atoms with Crippen LogP contribution in [0.25, 0.3) is 0 Å². The van der Waals surface area contributed by atoms with E-state index in [1.165, 1.54) is 0 Å². The number of furan rings is 1. The van der Waals surface area contributed by atoms with E-state index in [-0.39, 0.29) is 36.0 Å². The van der Waals surface area contributed by atoms with Crippen molar-refractivity contribution in [1.82, 2.24) is 15.5 Å². The molecule has 124 valence electrons. The molecule has 0 saturated carbocycles. The fourth-order valence-corrected chi connectivity index (χ4v) is 3.96. The molecule has 3 saturated heterocycles. The second-order valence-electron chi connectivity index (χ2n) is 6.42. The summed E-state index contributed by atoms with van der Waals surface area (Å²) in [7, 11) is 0. The van der Waals surface area contributed by atoms with Gasteiger partial charge in [-0.3, -0.25) is 15.4 Å². The van der Waals surface area contributed by atoms with Crippen LogP contribution in [0.2, 0.25) is 0 Å². The van der Waals surface area contributed by atoms with Gasteiger partial charge in [0.25, 0.3) is 0 Å². The largest absolute Gasteiger partial charge is 0.469 e. The molecule has 3 amide bonds. The Kier molecular flexibility index (Phi) is 3.82. The number of piperidine rings is 1. The first kappa shape index (κ1) is 14.7. The third kappa shape index (κ3) is 2.64. The molecule has 3 fully saturated rings. The zero-order chi connectivity index (χ0) is 15.8. The molecule has 0 aromatic carbocycles. The zero-order valence-corrected chi connectivity index (χ0v) is 12.9. The van der Waals surface area contributed by atoms with Crippen LogP contribution < -0.4 is 10.6 Å². The van der Waals surface area contributed by atoms with Crippen LogP contribution in [0, 0.1) is 5.92 Å². The molecule has 1 aromatic rings. The van der Waals surface area contributed by atoms with Crippen molar-refractivity contribution in [3.05, 3.63) is 24.2 Å². The zero-order valence-electron chi connectivity index (χ0n) is 12.9. The first-order chi connectivity index (χ1) is 11.2. The monoisotopic (exact) mass is 319 g/mol. The van der Waals surface area contributed by atoms with Crippen molar-refractivity contribution >= 4 is 11.9 Å². The van der Waals surface area contributed by atoms with E-state index < -0.39 is 0 Å². The molecule has 4 heterocycles. The van der Waals surface area contributed by atoms with E-state index in [4.69, 9.17) is 9.15 Å².